The number of ether oxygens (including phenoxy) is 1. The number of halogens is 1. The molecule has 1 N–H and O–H groups in total. The average molecular weight is 323 g/mol. The Kier molecular flexibility index (Phi) is 3.33. The van der Waals surface area contributed by atoms with Crippen LogP contribution in [0.25, 0.3) is 10.9 Å². The van der Waals surface area contributed by atoms with Gasteiger partial charge in [0.1, 0.15) is 5.69 Å². The Morgan fingerprint density at radius 2 is 2.26 bits per heavy atom. The maximum Gasteiger partial charge on any atom is 0.271 e. The van der Waals surface area contributed by atoms with E-state index in [4.69, 9.17) is 4.74 Å². The number of amides is 1. The van der Waals surface area contributed by atoms with Gasteiger partial charge in [-0.3, -0.25) is 4.79 Å². The summed E-state index contributed by atoms with van der Waals surface area (Å²) in [4.78, 5) is 17.7. The lowest BCUT2D eigenvalue weighted by Crippen LogP contribution is -2.47. The largest absolute Gasteiger partial charge is 0.377 e. The first-order valence-corrected chi connectivity index (χ1v) is 7.12. The van der Waals surface area contributed by atoms with Gasteiger partial charge in [0.15, 0.2) is 0 Å². The Labute approximate surface area is 119 Å². The number of nitrogens with zero attached hydrogens (tertiary/aromatic N) is 1. The molecule has 1 saturated heterocycles. The van der Waals surface area contributed by atoms with Gasteiger partial charge in [0.2, 0.25) is 0 Å². The smallest absolute Gasteiger partial charge is 0.271 e. The van der Waals surface area contributed by atoms with Crippen molar-refractivity contribution in [3.8, 4) is 0 Å². The molecule has 1 unspecified atom stereocenters. The summed E-state index contributed by atoms with van der Waals surface area (Å²) in [6, 6.07) is 8.00. The van der Waals surface area contributed by atoms with Crippen molar-refractivity contribution in [3.05, 3.63) is 34.4 Å². The minimum atomic E-state index is 0.0267. The summed E-state index contributed by atoms with van der Waals surface area (Å²) >= 11 is 3.53. The Hall–Kier alpha value is -1.33. The third-order valence-corrected chi connectivity index (χ3v) is 4.31. The van der Waals surface area contributed by atoms with Crippen LogP contribution in [0.4, 0.5) is 0 Å². The van der Waals surface area contributed by atoms with Gasteiger partial charge in [-0.25, -0.2) is 0 Å². The Balaban J connectivity index is 1.99. The summed E-state index contributed by atoms with van der Waals surface area (Å²) in [5.74, 6) is 0.0267. The van der Waals surface area contributed by atoms with Crippen molar-refractivity contribution < 1.29 is 9.53 Å². The van der Waals surface area contributed by atoms with Gasteiger partial charge in [-0.2, -0.15) is 0 Å². The summed E-state index contributed by atoms with van der Waals surface area (Å²) < 4.78 is 6.21. The van der Waals surface area contributed by atoms with Crippen LogP contribution in [0.15, 0.2) is 28.7 Å². The van der Waals surface area contributed by atoms with Crippen molar-refractivity contribution in [2.45, 2.75) is 13.0 Å². The summed E-state index contributed by atoms with van der Waals surface area (Å²) in [6.07, 6.45) is 0. The average Bonchev–Trinajstić information content (AvgIpc) is 2.77. The van der Waals surface area contributed by atoms with Gasteiger partial charge in [-0.15, -0.1) is 0 Å². The molecule has 1 fully saturated rings. The van der Waals surface area contributed by atoms with Gasteiger partial charge in [0.25, 0.3) is 5.91 Å². The van der Waals surface area contributed by atoms with Crippen LogP contribution in [0.3, 0.4) is 0 Å². The van der Waals surface area contributed by atoms with E-state index >= 15 is 0 Å². The number of carbonyl (C=O) groups excluding carboxylic acids is 1. The van der Waals surface area contributed by atoms with Crippen molar-refractivity contribution in [2.75, 3.05) is 19.8 Å². The van der Waals surface area contributed by atoms with Crippen LogP contribution in [0.2, 0.25) is 0 Å². The molecule has 1 aliphatic heterocycles. The molecule has 1 aromatic heterocycles. The standard InChI is InChI=1S/C14H15BrN2O2/c1-9-8-19-7-6-17(9)14(18)13-12(15)10-4-2-3-5-11(10)16-13/h2-5,9,16H,6-8H2,1H3. The molecule has 0 spiro atoms. The van der Waals surface area contributed by atoms with E-state index in [2.05, 4.69) is 20.9 Å². The maximum atomic E-state index is 12.6. The third-order valence-electron chi connectivity index (χ3n) is 3.49. The number of hydrogen-bond donors (Lipinski definition) is 1. The fraction of sp³-hybridized carbons (Fsp3) is 0.357. The van der Waals surface area contributed by atoms with Crippen LogP contribution < -0.4 is 0 Å². The molecule has 1 aliphatic rings. The highest BCUT2D eigenvalue weighted by Gasteiger charge is 2.27. The van der Waals surface area contributed by atoms with Gasteiger partial charge < -0.3 is 14.6 Å². The van der Waals surface area contributed by atoms with Gasteiger partial charge in [0.05, 0.1) is 23.7 Å². The first kappa shape index (κ1) is 12.7. The summed E-state index contributed by atoms with van der Waals surface area (Å²) in [7, 11) is 0. The zero-order chi connectivity index (χ0) is 13.4. The van der Waals surface area contributed by atoms with Crippen molar-refractivity contribution in [1.29, 1.82) is 0 Å². The molecule has 2 heterocycles. The zero-order valence-electron chi connectivity index (χ0n) is 10.6. The molecule has 0 bridgehead atoms. The predicted octanol–water partition coefficient (Wildman–Crippen LogP) is 2.79. The molecule has 1 amide bonds. The second-order valence-corrected chi connectivity index (χ2v) is 5.58. The lowest BCUT2D eigenvalue weighted by Gasteiger charge is -2.33. The highest BCUT2D eigenvalue weighted by molar-refractivity contribution is 9.10. The number of morpholine rings is 1. The van der Waals surface area contributed by atoms with Crippen molar-refractivity contribution >= 4 is 32.7 Å². The number of aromatic amines is 1. The van der Waals surface area contributed by atoms with Crippen LogP contribution in [-0.2, 0) is 4.74 Å². The molecule has 4 nitrogen and oxygen atoms in total. The molecule has 1 aromatic carbocycles. The van der Waals surface area contributed by atoms with Gasteiger partial charge >= 0.3 is 0 Å². The minimum Gasteiger partial charge on any atom is -0.377 e. The molecule has 0 saturated carbocycles. The van der Waals surface area contributed by atoms with Gasteiger partial charge in [-0.1, -0.05) is 18.2 Å². The first-order valence-electron chi connectivity index (χ1n) is 6.33. The fourth-order valence-corrected chi connectivity index (χ4v) is 3.04. The molecule has 100 valence electrons. The number of hydrogen-bond acceptors (Lipinski definition) is 2. The fourth-order valence-electron chi connectivity index (χ4n) is 2.43. The van der Waals surface area contributed by atoms with Crippen molar-refractivity contribution in [2.24, 2.45) is 0 Å². The molecule has 1 atom stereocenters. The minimum absolute atomic E-state index is 0.0267. The van der Waals surface area contributed by atoms with E-state index in [1.807, 2.05) is 36.1 Å². The van der Waals surface area contributed by atoms with E-state index in [1.165, 1.54) is 0 Å². The third kappa shape index (κ3) is 2.17. The highest BCUT2D eigenvalue weighted by Crippen LogP contribution is 2.29. The van der Waals surface area contributed by atoms with E-state index in [0.29, 0.717) is 25.5 Å². The number of para-hydroxylation sites is 1. The van der Waals surface area contributed by atoms with Gasteiger partial charge in [-0.05, 0) is 28.9 Å². The quantitative estimate of drug-likeness (QED) is 0.877. The Bertz CT molecular complexity index is 623. The Morgan fingerprint density at radius 1 is 1.47 bits per heavy atom. The predicted molar refractivity (Wildman–Crippen MR) is 77.3 cm³/mol. The molecule has 5 heteroatoms. The zero-order valence-corrected chi connectivity index (χ0v) is 12.2. The Morgan fingerprint density at radius 3 is 3.00 bits per heavy atom. The number of fused-ring (bicyclic) bond motifs is 1. The number of nitrogens with one attached hydrogen (secondary N) is 1. The lowest BCUT2D eigenvalue weighted by atomic mass is 10.2. The second kappa shape index (κ2) is 4.98. The number of carbonyl (C=O) groups is 1. The number of H-pyrrole nitrogens is 1. The maximum absolute atomic E-state index is 12.6. The number of aromatic nitrogens is 1. The van der Waals surface area contributed by atoms with Crippen molar-refractivity contribution in [1.82, 2.24) is 9.88 Å². The normalized spacial score (nSPS) is 19.9. The van der Waals surface area contributed by atoms with Gasteiger partial charge in [0, 0.05) is 17.4 Å². The number of rotatable bonds is 1. The van der Waals surface area contributed by atoms with E-state index in [0.717, 1.165) is 15.4 Å². The molecule has 0 aliphatic carbocycles. The van der Waals surface area contributed by atoms with Crippen LogP contribution in [0, 0.1) is 0 Å². The van der Waals surface area contributed by atoms with E-state index < -0.39 is 0 Å². The SMILES string of the molecule is CC1COCCN1C(=O)c1[nH]c2ccccc2c1Br. The van der Waals surface area contributed by atoms with Crippen LogP contribution >= 0.6 is 15.9 Å². The number of benzene rings is 1. The summed E-state index contributed by atoms with van der Waals surface area (Å²) in [6.45, 7) is 3.85. The first-order chi connectivity index (χ1) is 9.18. The molecule has 19 heavy (non-hydrogen) atoms. The van der Waals surface area contributed by atoms with E-state index in [1.54, 1.807) is 0 Å². The van der Waals surface area contributed by atoms with E-state index in [9.17, 15) is 4.79 Å². The van der Waals surface area contributed by atoms with Crippen LogP contribution in [0.1, 0.15) is 17.4 Å². The molecule has 2 aromatic rings. The summed E-state index contributed by atoms with van der Waals surface area (Å²) in [5.41, 5.74) is 1.59. The van der Waals surface area contributed by atoms with Crippen LogP contribution in [0.5, 0.6) is 0 Å². The topological polar surface area (TPSA) is 45.3 Å². The summed E-state index contributed by atoms with van der Waals surface area (Å²) in [5, 5.41) is 1.03. The van der Waals surface area contributed by atoms with Crippen molar-refractivity contribution in [3.63, 3.8) is 0 Å². The second-order valence-electron chi connectivity index (χ2n) is 4.78. The monoisotopic (exact) mass is 322 g/mol. The highest BCUT2D eigenvalue weighted by atomic mass is 79.9. The molecular formula is C14H15BrN2O2. The molecule has 3 rings (SSSR count). The van der Waals surface area contributed by atoms with Crippen LogP contribution in [-0.4, -0.2) is 41.6 Å². The molecule has 0 radical (unpaired) electrons. The van der Waals surface area contributed by atoms with E-state index in [-0.39, 0.29) is 11.9 Å². The molecular weight excluding hydrogens is 308 g/mol. The lowest BCUT2D eigenvalue weighted by molar-refractivity contribution is 0.00327.